The van der Waals surface area contributed by atoms with E-state index in [1.54, 1.807) is 19.1 Å². The summed E-state index contributed by atoms with van der Waals surface area (Å²) >= 11 is 1.21. The second-order valence-corrected chi connectivity index (χ2v) is 5.43. The van der Waals surface area contributed by atoms with E-state index in [4.69, 9.17) is 5.84 Å². The summed E-state index contributed by atoms with van der Waals surface area (Å²) in [6.45, 7) is 2.10. The van der Waals surface area contributed by atoms with Crippen LogP contribution in [0.5, 0.6) is 0 Å². The average molecular weight is 295 g/mol. The number of amides is 1. The zero-order valence-electron chi connectivity index (χ0n) is 10.8. The first-order valence-electron chi connectivity index (χ1n) is 5.90. The van der Waals surface area contributed by atoms with Crippen LogP contribution in [0.15, 0.2) is 35.7 Å². The second kappa shape index (κ2) is 6.38. The van der Waals surface area contributed by atoms with Gasteiger partial charge in [-0.1, -0.05) is 23.9 Å². The van der Waals surface area contributed by atoms with Crippen LogP contribution in [0.3, 0.4) is 0 Å². The number of carbonyl (C=O) groups excluding carboxylic acids is 1. The van der Waals surface area contributed by atoms with Crippen molar-refractivity contribution < 1.29 is 9.18 Å². The molecule has 0 fully saturated rings. The number of nitrogens with two attached hydrogens (primary N) is 1. The van der Waals surface area contributed by atoms with Crippen molar-refractivity contribution in [2.75, 3.05) is 5.84 Å². The van der Waals surface area contributed by atoms with Crippen LogP contribution in [0.25, 0.3) is 0 Å². The van der Waals surface area contributed by atoms with Gasteiger partial charge in [0, 0.05) is 6.54 Å². The summed E-state index contributed by atoms with van der Waals surface area (Å²) in [6, 6.07) is 5.97. The molecule has 0 bridgehead atoms. The van der Waals surface area contributed by atoms with E-state index in [0.717, 1.165) is 5.56 Å². The number of carbonyl (C=O) groups is 1. The maximum atomic E-state index is 12.7. The largest absolute Gasteiger partial charge is 0.351 e. The molecular formula is C12H14FN5OS. The molecule has 2 aromatic rings. The zero-order valence-corrected chi connectivity index (χ0v) is 11.6. The van der Waals surface area contributed by atoms with E-state index in [1.165, 1.54) is 34.9 Å². The molecule has 106 valence electrons. The van der Waals surface area contributed by atoms with Crippen LogP contribution >= 0.6 is 11.8 Å². The van der Waals surface area contributed by atoms with Gasteiger partial charge in [0.15, 0.2) is 0 Å². The van der Waals surface area contributed by atoms with Crippen molar-refractivity contribution in [2.24, 2.45) is 0 Å². The lowest BCUT2D eigenvalue weighted by Crippen LogP contribution is -2.30. The predicted octanol–water partition coefficient (Wildman–Crippen LogP) is 0.928. The lowest BCUT2D eigenvalue weighted by molar-refractivity contribution is -0.120. The molecule has 2 rings (SSSR count). The first kappa shape index (κ1) is 14.3. The first-order chi connectivity index (χ1) is 9.56. The summed E-state index contributed by atoms with van der Waals surface area (Å²) in [5, 5.41) is 10.3. The molecule has 0 saturated carbocycles. The molecule has 1 aromatic carbocycles. The highest BCUT2D eigenvalue weighted by Gasteiger charge is 2.16. The van der Waals surface area contributed by atoms with Crippen LogP contribution in [0.1, 0.15) is 12.5 Å². The SMILES string of the molecule is C[C@H](Sc1nncn1N)C(=O)NCc1ccc(F)cc1. The van der Waals surface area contributed by atoms with Gasteiger partial charge < -0.3 is 11.2 Å². The lowest BCUT2D eigenvalue weighted by Gasteiger charge is -2.11. The Bertz CT molecular complexity index is 586. The summed E-state index contributed by atoms with van der Waals surface area (Å²) in [6.07, 6.45) is 1.37. The number of aromatic nitrogens is 3. The molecule has 1 aromatic heterocycles. The number of hydrogen-bond acceptors (Lipinski definition) is 5. The van der Waals surface area contributed by atoms with E-state index < -0.39 is 0 Å². The smallest absolute Gasteiger partial charge is 0.233 e. The maximum absolute atomic E-state index is 12.7. The number of nitrogens with one attached hydrogen (secondary N) is 1. The molecule has 0 aliphatic carbocycles. The van der Waals surface area contributed by atoms with Gasteiger partial charge in [0.1, 0.15) is 12.1 Å². The minimum atomic E-state index is -0.359. The standard InChI is InChI=1S/C12H14FN5OS/c1-8(20-12-17-16-7-18(12)14)11(19)15-6-9-2-4-10(13)5-3-9/h2-5,7-8H,6,14H2,1H3,(H,15,19)/t8-/m0/s1. The monoisotopic (exact) mass is 295 g/mol. The molecule has 1 atom stereocenters. The van der Waals surface area contributed by atoms with Gasteiger partial charge in [0.05, 0.1) is 5.25 Å². The normalized spacial score (nSPS) is 12.1. The molecule has 1 amide bonds. The van der Waals surface area contributed by atoms with Crippen molar-refractivity contribution in [2.45, 2.75) is 23.9 Å². The third-order valence-corrected chi connectivity index (χ3v) is 3.64. The lowest BCUT2D eigenvalue weighted by atomic mass is 10.2. The molecule has 1 heterocycles. The Morgan fingerprint density at radius 1 is 1.50 bits per heavy atom. The minimum Gasteiger partial charge on any atom is -0.351 e. The number of nitrogen functional groups attached to an aromatic ring is 1. The Morgan fingerprint density at radius 3 is 2.80 bits per heavy atom. The molecule has 0 aliphatic heterocycles. The number of benzene rings is 1. The summed E-state index contributed by atoms with van der Waals surface area (Å²) in [4.78, 5) is 11.9. The third kappa shape index (κ3) is 3.70. The van der Waals surface area contributed by atoms with E-state index in [1.807, 2.05) is 0 Å². The van der Waals surface area contributed by atoms with Crippen LogP contribution < -0.4 is 11.2 Å². The molecule has 6 nitrogen and oxygen atoms in total. The number of nitrogens with zero attached hydrogens (tertiary/aromatic N) is 3. The summed E-state index contributed by atoms with van der Waals surface area (Å²) in [5.41, 5.74) is 0.832. The van der Waals surface area contributed by atoms with E-state index >= 15 is 0 Å². The number of hydrogen-bond donors (Lipinski definition) is 2. The van der Waals surface area contributed by atoms with Crippen molar-refractivity contribution in [1.82, 2.24) is 20.2 Å². The average Bonchev–Trinajstić information content (AvgIpc) is 2.83. The van der Waals surface area contributed by atoms with Gasteiger partial charge in [-0.3, -0.25) is 4.79 Å². The van der Waals surface area contributed by atoms with Crippen LogP contribution in [0.4, 0.5) is 4.39 Å². The Hall–Kier alpha value is -2.09. The molecule has 0 spiro atoms. The van der Waals surface area contributed by atoms with Gasteiger partial charge in [-0.2, -0.15) is 0 Å². The van der Waals surface area contributed by atoms with Crippen molar-refractivity contribution in [3.63, 3.8) is 0 Å². The predicted molar refractivity (Wildman–Crippen MR) is 73.7 cm³/mol. The van der Waals surface area contributed by atoms with Crippen molar-refractivity contribution in [1.29, 1.82) is 0 Å². The Balaban J connectivity index is 1.85. The van der Waals surface area contributed by atoms with Crippen molar-refractivity contribution >= 4 is 17.7 Å². The second-order valence-electron chi connectivity index (χ2n) is 4.13. The molecule has 0 unspecified atom stereocenters. The van der Waals surface area contributed by atoms with E-state index in [2.05, 4.69) is 15.5 Å². The molecule has 8 heteroatoms. The van der Waals surface area contributed by atoms with Gasteiger partial charge in [0.2, 0.25) is 11.1 Å². The zero-order chi connectivity index (χ0) is 14.5. The first-order valence-corrected chi connectivity index (χ1v) is 6.78. The van der Waals surface area contributed by atoms with Gasteiger partial charge in [-0.05, 0) is 24.6 Å². The van der Waals surface area contributed by atoms with Crippen LogP contribution in [-0.2, 0) is 11.3 Å². The molecular weight excluding hydrogens is 281 g/mol. The van der Waals surface area contributed by atoms with Gasteiger partial charge in [-0.25, -0.2) is 9.07 Å². The van der Waals surface area contributed by atoms with E-state index in [9.17, 15) is 9.18 Å². The van der Waals surface area contributed by atoms with Crippen molar-refractivity contribution in [3.8, 4) is 0 Å². The summed E-state index contributed by atoms with van der Waals surface area (Å²) in [7, 11) is 0. The summed E-state index contributed by atoms with van der Waals surface area (Å²) < 4.78 is 14.0. The highest BCUT2D eigenvalue weighted by atomic mass is 32.2. The Kier molecular flexibility index (Phi) is 4.57. The highest BCUT2D eigenvalue weighted by molar-refractivity contribution is 8.00. The maximum Gasteiger partial charge on any atom is 0.233 e. The Labute approximate surface area is 119 Å². The summed E-state index contributed by atoms with van der Waals surface area (Å²) in [5.74, 6) is 5.12. The quantitative estimate of drug-likeness (QED) is 0.633. The van der Waals surface area contributed by atoms with Gasteiger partial charge >= 0.3 is 0 Å². The fourth-order valence-corrected chi connectivity index (χ4v) is 2.23. The number of rotatable bonds is 5. The third-order valence-electron chi connectivity index (χ3n) is 2.57. The fourth-order valence-electron chi connectivity index (χ4n) is 1.46. The molecule has 0 aliphatic rings. The van der Waals surface area contributed by atoms with Crippen LogP contribution in [0, 0.1) is 5.82 Å². The number of halogens is 1. The van der Waals surface area contributed by atoms with Gasteiger partial charge in [0.25, 0.3) is 0 Å². The fraction of sp³-hybridized carbons (Fsp3) is 0.250. The van der Waals surface area contributed by atoms with E-state index in [0.29, 0.717) is 11.7 Å². The van der Waals surface area contributed by atoms with Gasteiger partial charge in [-0.15, -0.1) is 10.2 Å². The molecule has 0 saturated heterocycles. The molecule has 3 N–H and O–H groups in total. The molecule has 0 radical (unpaired) electrons. The van der Waals surface area contributed by atoms with Crippen molar-refractivity contribution in [3.05, 3.63) is 42.0 Å². The minimum absolute atomic E-state index is 0.151. The molecule has 20 heavy (non-hydrogen) atoms. The highest BCUT2D eigenvalue weighted by Crippen LogP contribution is 2.19. The van der Waals surface area contributed by atoms with Crippen LogP contribution in [-0.4, -0.2) is 26.0 Å². The van der Waals surface area contributed by atoms with Crippen LogP contribution in [0.2, 0.25) is 0 Å². The number of thioether (sulfide) groups is 1. The topological polar surface area (TPSA) is 85.8 Å². The van der Waals surface area contributed by atoms with E-state index in [-0.39, 0.29) is 17.0 Å². The Morgan fingerprint density at radius 2 is 2.20 bits per heavy atom.